The molecule has 0 saturated heterocycles. The number of rotatable bonds is 5. The summed E-state index contributed by atoms with van der Waals surface area (Å²) in [5.74, 6) is -0.629. The fourth-order valence-corrected chi connectivity index (χ4v) is 1.85. The van der Waals surface area contributed by atoms with Crippen molar-refractivity contribution in [3.8, 4) is 6.07 Å². The number of amides is 2. The molecule has 0 spiro atoms. The van der Waals surface area contributed by atoms with Gasteiger partial charge in [-0.1, -0.05) is 36.4 Å². The van der Waals surface area contributed by atoms with Gasteiger partial charge in [0.25, 0.3) is 11.8 Å². The Morgan fingerprint density at radius 2 is 1.41 bits per heavy atom. The summed E-state index contributed by atoms with van der Waals surface area (Å²) < 4.78 is 0. The fraction of sp³-hybridized carbons (Fsp3) is 0.118. The summed E-state index contributed by atoms with van der Waals surface area (Å²) in [5, 5.41) is 14.3. The lowest BCUT2D eigenvalue weighted by Crippen LogP contribution is -2.42. The summed E-state index contributed by atoms with van der Waals surface area (Å²) in [4.78, 5) is 23.8. The Bertz CT molecular complexity index is 678. The van der Waals surface area contributed by atoms with Crippen molar-refractivity contribution >= 4 is 11.8 Å². The van der Waals surface area contributed by atoms with Crippen LogP contribution in [0.5, 0.6) is 0 Å². The minimum atomic E-state index is -0.791. The SMILES string of the molecule is N#CC(CNC(=O)c1ccccc1)NC(=O)c1ccccc1. The van der Waals surface area contributed by atoms with Crippen LogP contribution in [-0.4, -0.2) is 24.4 Å². The standard InChI is InChI=1S/C17H15N3O2/c18-11-15(20-17(22)14-9-5-2-6-10-14)12-19-16(21)13-7-3-1-4-8-13/h1-10,15H,12H2,(H,19,21)(H,20,22). The van der Waals surface area contributed by atoms with Crippen molar-refractivity contribution in [3.63, 3.8) is 0 Å². The molecule has 2 rings (SSSR count). The second kappa shape index (κ2) is 7.60. The normalized spacial score (nSPS) is 11.0. The molecule has 1 atom stereocenters. The predicted octanol–water partition coefficient (Wildman–Crippen LogP) is 1.74. The van der Waals surface area contributed by atoms with Gasteiger partial charge in [0.05, 0.1) is 12.6 Å². The first-order valence-corrected chi connectivity index (χ1v) is 6.79. The summed E-state index contributed by atoms with van der Waals surface area (Å²) in [7, 11) is 0. The molecule has 5 nitrogen and oxygen atoms in total. The minimum Gasteiger partial charge on any atom is -0.349 e. The third-order valence-electron chi connectivity index (χ3n) is 3.00. The van der Waals surface area contributed by atoms with E-state index in [1.165, 1.54) is 0 Å². The van der Waals surface area contributed by atoms with Crippen molar-refractivity contribution in [2.24, 2.45) is 0 Å². The monoisotopic (exact) mass is 293 g/mol. The Kier molecular flexibility index (Phi) is 5.27. The summed E-state index contributed by atoms with van der Waals surface area (Å²) in [6.45, 7) is 0.0444. The van der Waals surface area contributed by atoms with Gasteiger partial charge < -0.3 is 10.6 Å². The number of benzene rings is 2. The first-order valence-electron chi connectivity index (χ1n) is 6.79. The average molecular weight is 293 g/mol. The number of carbonyl (C=O) groups excluding carboxylic acids is 2. The Morgan fingerprint density at radius 3 is 1.91 bits per heavy atom. The van der Waals surface area contributed by atoms with Crippen LogP contribution < -0.4 is 10.6 Å². The fourth-order valence-electron chi connectivity index (χ4n) is 1.85. The molecule has 0 saturated carbocycles. The van der Waals surface area contributed by atoms with Crippen LogP contribution >= 0.6 is 0 Å². The number of nitriles is 1. The number of nitrogens with one attached hydrogen (secondary N) is 2. The number of nitrogens with zero attached hydrogens (tertiary/aromatic N) is 1. The molecule has 1 unspecified atom stereocenters. The highest BCUT2D eigenvalue weighted by Gasteiger charge is 2.14. The van der Waals surface area contributed by atoms with E-state index in [1.807, 2.05) is 12.1 Å². The van der Waals surface area contributed by atoms with Crippen molar-refractivity contribution in [1.82, 2.24) is 10.6 Å². The van der Waals surface area contributed by atoms with E-state index < -0.39 is 6.04 Å². The Balaban J connectivity index is 1.89. The maximum atomic E-state index is 12.0. The van der Waals surface area contributed by atoms with Gasteiger partial charge in [-0.25, -0.2) is 0 Å². The quantitative estimate of drug-likeness (QED) is 0.881. The van der Waals surface area contributed by atoms with Crippen LogP contribution in [0, 0.1) is 11.3 Å². The molecule has 2 amide bonds. The van der Waals surface area contributed by atoms with Crippen LogP contribution in [0.3, 0.4) is 0 Å². The zero-order valence-electron chi connectivity index (χ0n) is 11.8. The van der Waals surface area contributed by atoms with Crippen LogP contribution in [-0.2, 0) is 0 Å². The molecule has 5 heteroatoms. The lowest BCUT2D eigenvalue weighted by Gasteiger charge is -2.12. The Morgan fingerprint density at radius 1 is 0.909 bits per heavy atom. The molecule has 0 radical (unpaired) electrons. The molecular formula is C17H15N3O2. The van der Waals surface area contributed by atoms with Gasteiger partial charge in [0.2, 0.25) is 0 Å². The van der Waals surface area contributed by atoms with Crippen molar-refractivity contribution in [2.75, 3.05) is 6.54 Å². The highest BCUT2D eigenvalue weighted by atomic mass is 16.2. The molecule has 0 fully saturated rings. The number of hydrogen-bond acceptors (Lipinski definition) is 3. The van der Waals surface area contributed by atoms with Crippen LogP contribution in [0.4, 0.5) is 0 Å². The molecule has 0 aliphatic rings. The van der Waals surface area contributed by atoms with Gasteiger partial charge in [0.1, 0.15) is 6.04 Å². The summed E-state index contributed by atoms with van der Waals surface area (Å²) in [6.07, 6.45) is 0. The summed E-state index contributed by atoms with van der Waals surface area (Å²) in [6, 6.07) is 18.5. The molecule has 2 aromatic carbocycles. The van der Waals surface area contributed by atoms with E-state index in [-0.39, 0.29) is 18.4 Å². The molecule has 0 bridgehead atoms. The molecule has 2 N–H and O–H groups in total. The van der Waals surface area contributed by atoms with Crippen molar-refractivity contribution in [3.05, 3.63) is 71.8 Å². The first kappa shape index (κ1) is 15.3. The molecular weight excluding hydrogens is 278 g/mol. The molecule has 2 aromatic rings. The van der Waals surface area contributed by atoms with Gasteiger partial charge in [-0.15, -0.1) is 0 Å². The van der Waals surface area contributed by atoms with E-state index in [4.69, 9.17) is 5.26 Å². The van der Waals surface area contributed by atoms with Crippen LogP contribution in [0.2, 0.25) is 0 Å². The van der Waals surface area contributed by atoms with Crippen molar-refractivity contribution < 1.29 is 9.59 Å². The van der Waals surface area contributed by atoms with Gasteiger partial charge in [-0.2, -0.15) is 5.26 Å². The maximum absolute atomic E-state index is 12.0. The van der Waals surface area contributed by atoms with Gasteiger partial charge in [-0.3, -0.25) is 9.59 Å². The van der Waals surface area contributed by atoms with E-state index in [0.717, 1.165) is 0 Å². The van der Waals surface area contributed by atoms with Crippen molar-refractivity contribution in [2.45, 2.75) is 6.04 Å². The van der Waals surface area contributed by atoms with Crippen LogP contribution in [0.1, 0.15) is 20.7 Å². The van der Waals surface area contributed by atoms with Gasteiger partial charge >= 0.3 is 0 Å². The Hall–Kier alpha value is -3.13. The highest BCUT2D eigenvalue weighted by Crippen LogP contribution is 2.00. The predicted molar refractivity (Wildman–Crippen MR) is 82.1 cm³/mol. The lowest BCUT2D eigenvalue weighted by molar-refractivity contribution is 0.0918. The van der Waals surface area contributed by atoms with E-state index in [1.54, 1.807) is 54.6 Å². The average Bonchev–Trinajstić information content (AvgIpc) is 2.59. The molecule has 0 heterocycles. The largest absolute Gasteiger partial charge is 0.349 e. The van der Waals surface area contributed by atoms with Gasteiger partial charge in [-0.05, 0) is 24.3 Å². The minimum absolute atomic E-state index is 0.0444. The van der Waals surface area contributed by atoms with E-state index >= 15 is 0 Å². The number of carbonyl (C=O) groups is 2. The van der Waals surface area contributed by atoms with Gasteiger partial charge in [0.15, 0.2) is 0 Å². The maximum Gasteiger partial charge on any atom is 0.252 e. The molecule has 22 heavy (non-hydrogen) atoms. The van der Waals surface area contributed by atoms with E-state index in [9.17, 15) is 9.59 Å². The topological polar surface area (TPSA) is 82.0 Å². The van der Waals surface area contributed by atoms with Gasteiger partial charge in [0, 0.05) is 11.1 Å². The third kappa shape index (κ3) is 4.18. The molecule has 0 aliphatic heterocycles. The Labute approximate surface area is 128 Å². The number of hydrogen-bond donors (Lipinski definition) is 2. The lowest BCUT2D eigenvalue weighted by atomic mass is 10.2. The second-order valence-electron chi connectivity index (χ2n) is 4.60. The smallest absolute Gasteiger partial charge is 0.252 e. The highest BCUT2D eigenvalue weighted by molar-refractivity contribution is 5.95. The first-order chi connectivity index (χ1) is 10.7. The van der Waals surface area contributed by atoms with Crippen molar-refractivity contribution in [1.29, 1.82) is 5.26 Å². The second-order valence-corrected chi connectivity index (χ2v) is 4.60. The summed E-state index contributed by atoms with van der Waals surface area (Å²) >= 11 is 0. The third-order valence-corrected chi connectivity index (χ3v) is 3.00. The van der Waals surface area contributed by atoms with E-state index in [2.05, 4.69) is 10.6 Å². The summed E-state index contributed by atoms with van der Waals surface area (Å²) in [5.41, 5.74) is 0.978. The zero-order valence-corrected chi connectivity index (χ0v) is 11.8. The van der Waals surface area contributed by atoms with E-state index in [0.29, 0.717) is 11.1 Å². The molecule has 0 aromatic heterocycles. The molecule has 0 aliphatic carbocycles. The van der Waals surface area contributed by atoms with Crippen LogP contribution in [0.15, 0.2) is 60.7 Å². The van der Waals surface area contributed by atoms with Crippen LogP contribution in [0.25, 0.3) is 0 Å². The molecule has 110 valence electrons. The zero-order chi connectivity index (χ0) is 15.8.